The van der Waals surface area contributed by atoms with Crippen molar-refractivity contribution in [1.82, 2.24) is 9.97 Å². The molecule has 2 aromatic carbocycles. The topological polar surface area (TPSA) is 64.1 Å². The highest BCUT2D eigenvalue weighted by molar-refractivity contribution is 7.99. The number of rotatable bonds is 8. The number of esters is 1. The van der Waals surface area contributed by atoms with Gasteiger partial charge in [0.1, 0.15) is 11.4 Å². The fraction of sp³-hybridized carbons (Fsp3) is 0.222. The minimum absolute atomic E-state index is 0.0501. The zero-order valence-corrected chi connectivity index (χ0v) is 21.9. The summed E-state index contributed by atoms with van der Waals surface area (Å²) < 4.78 is 44.2. The number of nitrogens with zero attached hydrogens (tertiary/aromatic N) is 2. The van der Waals surface area contributed by atoms with Gasteiger partial charge in [-0.1, -0.05) is 55.9 Å². The summed E-state index contributed by atoms with van der Waals surface area (Å²) in [5.41, 5.74) is 0.351. The van der Waals surface area contributed by atoms with Gasteiger partial charge in [-0.15, -0.1) is 11.3 Å². The van der Waals surface area contributed by atoms with Crippen molar-refractivity contribution in [2.24, 2.45) is 5.92 Å². The Morgan fingerprint density at radius 1 is 1.08 bits per heavy atom. The molecule has 0 unspecified atom stereocenters. The van der Waals surface area contributed by atoms with Gasteiger partial charge in [0.25, 0.3) is 0 Å². The Labute approximate surface area is 221 Å². The van der Waals surface area contributed by atoms with Gasteiger partial charge >= 0.3 is 12.1 Å². The first-order valence-electron chi connectivity index (χ1n) is 11.4. The van der Waals surface area contributed by atoms with E-state index in [1.165, 1.54) is 11.3 Å². The van der Waals surface area contributed by atoms with Crippen molar-refractivity contribution < 1.29 is 22.7 Å². The van der Waals surface area contributed by atoms with Crippen LogP contribution < -0.4 is 5.32 Å². The number of alkyl halides is 3. The van der Waals surface area contributed by atoms with Crippen LogP contribution in [0.2, 0.25) is 0 Å². The van der Waals surface area contributed by atoms with Crippen molar-refractivity contribution in [3.8, 4) is 11.3 Å². The summed E-state index contributed by atoms with van der Waals surface area (Å²) in [5.74, 6) is -0.618. The predicted molar refractivity (Wildman–Crippen MR) is 141 cm³/mol. The van der Waals surface area contributed by atoms with E-state index >= 15 is 0 Å². The van der Waals surface area contributed by atoms with Gasteiger partial charge in [-0.2, -0.15) is 13.2 Å². The zero-order valence-electron chi connectivity index (χ0n) is 20.3. The van der Waals surface area contributed by atoms with Crippen LogP contribution in [0.5, 0.6) is 0 Å². The number of nitrogens with one attached hydrogen (secondary N) is 1. The molecule has 5 nitrogen and oxygen atoms in total. The lowest BCUT2D eigenvalue weighted by Gasteiger charge is -2.11. The smallest absolute Gasteiger partial charge is 0.417 e. The van der Waals surface area contributed by atoms with E-state index in [0.717, 1.165) is 45.5 Å². The monoisotopic (exact) mass is 543 g/mol. The second-order valence-electron chi connectivity index (χ2n) is 8.56. The van der Waals surface area contributed by atoms with Crippen LogP contribution in [0.15, 0.2) is 76.7 Å². The number of anilines is 2. The molecule has 1 N–H and O–H groups in total. The third-order valence-electron chi connectivity index (χ3n) is 5.24. The second-order valence-corrected chi connectivity index (χ2v) is 10.8. The Morgan fingerprint density at radius 3 is 2.38 bits per heavy atom. The van der Waals surface area contributed by atoms with Gasteiger partial charge in [0.2, 0.25) is 0 Å². The predicted octanol–water partition coefficient (Wildman–Crippen LogP) is 8.10. The normalized spacial score (nSPS) is 11.5. The summed E-state index contributed by atoms with van der Waals surface area (Å²) in [6, 6.07) is 18.9. The van der Waals surface area contributed by atoms with Gasteiger partial charge in [-0.05, 0) is 42.7 Å². The molecule has 4 aromatic rings. The van der Waals surface area contributed by atoms with Gasteiger partial charge in [0.15, 0.2) is 5.13 Å². The summed E-state index contributed by atoms with van der Waals surface area (Å²) in [4.78, 5) is 24.1. The van der Waals surface area contributed by atoms with E-state index in [0.29, 0.717) is 17.2 Å². The number of ether oxygens (including phenoxy) is 1. The SMILES string of the molecule is COC(=O)c1cc(C(F)(F)F)cnc1Nc1nc(-c2ccc(Sc3ccccc3)cc2)c(CC(C)C)s1. The third kappa shape index (κ3) is 6.69. The molecule has 4 rings (SSSR count). The van der Waals surface area contributed by atoms with Gasteiger partial charge < -0.3 is 10.1 Å². The minimum atomic E-state index is -4.64. The molecule has 192 valence electrons. The molecule has 0 atom stereocenters. The Bertz CT molecular complexity index is 1370. The van der Waals surface area contributed by atoms with Crippen molar-refractivity contribution in [3.63, 3.8) is 0 Å². The average Bonchev–Trinajstić information content (AvgIpc) is 3.25. The van der Waals surface area contributed by atoms with Crippen LogP contribution in [0.3, 0.4) is 0 Å². The van der Waals surface area contributed by atoms with Crippen LogP contribution in [0.1, 0.15) is 34.6 Å². The highest BCUT2D eigenvalue weighted by Crippen LogP contribution is 2.37. The van der Waals surface area contributed by atoms with Crippen LogP contribution in [0.4, 0.5) is 24.1 Å². The van der Waals surface area contributed by atoms with Crippen molar-refractivity contribution in [2.75, 3.05) is 12.4 Å². The molecular weight excluding hydrogens is 519 g/mol. The van der Waals surface area contributed by atoms with Gasteiger partial charge in [0, 0.05) is 26.4 Å². The lowest BCUT2D eigenvalue weighted by atomic mass is 10.1. The summed E-state index contributed by atoms with van der Waals surface area (Å²) >= 11 is 3.04. The molecule has 0 bridgehead atoms. The van der Waals surface area contributed by atoms with Crippen LogP contribution in [-0.2, 0) is 17.3 Å². The number of thiazole rings is 1. The van der Waals surface area contributed by atoms with Crippen molar-refractivity contribution in [1.29, 1.82) is 0 Å². The van der Waals surface area contributed by atoms with Crippen LogP contribution in [0, 0.1) is 5.92 Å². The number of carbonyl (C=O) groups excluding carboxylic acids is 1. The molecular formula is C27H24F3N3O2S2. The Kier molecular flexibility index (Phi) is 8.19. The Morgan fingerprint density at radius 2 is 1.76 bits per heavy atom. The van der Waals surface area contributed by atoms with Crippen LogP contribution in [-0.4, -0.2) is 23.0 Å². The van der Waals surface area contributed by atoms with E-state index in [9.17, 15) is 18.0 Å². The fourth-order valence-electron chi connectivity index (χ4n) is 3.53. The highest BCUT2D eigenvalue weighted by Gasteiger charge is 2.33. The molecule has 0 fully saturated rings. The fourth-order valence-corrected chi connectivity index (χ4v) is 5.56. The van der Waals surface area contributed by atoms with E-state index in [1.54, 1.807) is 11.8 Å². The Hall–Kier alpha value is -3.37. The molecule has 10 heteroatoms. The lowest BCUT2D eigenvalue weighted by molar-refractivity contribution is -0.137. The standard InChI is InChI=1S/C27H24F3N3O2S2/c1-16(2)13-22-23(17-9-11-20(12-10-17)36-19-7-5-4-6-8-19)32-26(37-22)33-24-21(25(34)35-3)14-18(15-31-24)27(28,29)30/h4-12,14-16H,13H2,1-3H3,(H,31,32,33). The Balaban J connectivity index is 1.65. The maximum Gasteiger partial charge on any atom is 0.417 e. The van der Waals surface area contributed by atoms with Crippen molar-refractivity contribution in [2.45, 2.75) is 36.2 Å². The number of hydrogen-bond acceptors (Lipinski definition) is 7. The minimum Gasteiger partial charge on any atom is -0.465 e. The van der Waals surface area contributed by atoms with Crippen LogP contribution >= 0.6 is 23.1 Å². The van der Waals surface area contributed by atoms with Crippen LogP contribution in [0.25, 0.3) is 11.3 Å². The summed E-state index contributed by atoms with van der Waals surface area (Å²) in [6.07, 6.45) is -3.20. The van der Waals surface area contributed by atoms with Gasteiger partial charge in [-0.25, -0.2) is 14.8 Å². The maximum atomic E-state index is 13.2. The number of benzene rings is 2. The van der Waals surface area contributed by atoms with E-state index in [4.69, 9.17) is 4.98 Å². The maximum absolute atomic E-state index is 13.2. The number of aromatic nitrogens is 2. The van der Waals surface area contributed by atoms with Crippen molar-refractivity contribution in [3.05, 3.63) is 82.9 Å². The molecule has 2 heterocycles. The summed E-state index contributed by atoms with van der Waals surface area (Å²) in [7, 11) is 1.11. The lowest BCUT2D eigenvalue weighted by Crippen LogP contribution is -2.12. The molecule has 0 saturated carbocycles. The van der Waals surface area contributed by atoms with E-state index < -0.39 is 17.7 Å². The number of carbonyl (C=O) groups is 1. The van der Waals surface area contributed by atoms with E-state index in [-0.39, 0.29) is 11.4 Å². The summed E-state index contributed by atoms with van der Waals surface area (Å²) in [5, 5.41) is 3.36. The van der Waals surface area contributed by atoms with Crippen molar-refractivity contribution >= 4 is 40.0 Å². The molecule has 0 aliphatic rings. The first kappa shape index (κ1) is 26.7. The molecule has 2 aromatic heterocycles. The number of hydrogen-bond donors (Lipinski definition) is 1. The quantitative estimate of drug-likeness (QED) is 0.227. The number of halogens is 3. The molecule has 0 aliphatic heterocycles. The number of pyridine rings is 1. The van der Waals surface area contributed by atoms with Gasteiger partial charge in [-0.3, -0.25) is 0 Å². The van der Waals surface area contributed by atoms with E-state index in [1.807, 2.05) is 42.5 Å². The molecule has 0 saturated heterocycles. The average molecular weight is 544 g/mol. The number of methoxy groups -OCH3 is 1. The first-order chi connectivity index (χ1) is 17.6. The molecule has 0 amide bonds. The third-order valence-corrected chi connectivity index (χ3v) is 7.25. The summed E-state index contributed by atoms with van der Waals surface area (Å²) in [6.45, 7) is 4.20. The largest absolute Gasteiger partial charge is 0.465 e. The molecule has 0 radical (unpaired) electrons. The second kappa shape index (κ2) is 11.4. The molecule has 0 aliphatic carbocycles. The molecule has 0 spiro atoms. The highest BCUT2D eigenvalue weighted by atomic mass is 32.2. The first-order valence-corrected chi connectivity index (χ1v) is 13.0. The van der Waals surface area contributed by atoms with Gasteiger partial charge in [0.05, 0.1) is 18.4 Å². The van der Waals surface area contributed by atoms with E-state index in [2.05, 4.69) is 41.0 Å². The zero-order chi connectivity index (χ0) is 26.6. The molecule has 37 heavy (non-hydrogen) atoms.